The van der Waals surface area contributed by atoms with Crippen LogP contribution in [-0.4, -0.2) is 10.9 Å². The summed E-state index contributed by atoms with van der Waals surface area (Å²) in [5, 5.41) is 0. The topological polar surface area (TPSA) is 65.2 Å². The van der Waals surface area contributed by atoms with Crippen LogP contribution in [0.25, 0.3) is 0 Å². The molecule has 17 heavy (non-hydrogen) atoms. The highest BCUT2D eigenvalue weighted by molar-refractivity contribution is 9.10. The third-order valence-electron chi connectivity index (χ3n) is 2.03. The van der Waals surface area contributed by atoms with E-state index in [1.54, 1.807) is 18.2 Å². The Morgan fingerprint density at radius 2 is 1.94 bits per heavy atom. The van der Waals surface area contributed by atoms with Crippen LogP contribution < -0.4 is 10.5 Å². The summed E-state index contributed by atoms with van der Waals surface area (Å²) >= 11 is 3.36. The molecule has 2 rings (SSSR count). The number of aromatic nitrogens is 1. The molecule has 0 saturated heterocycles. The smallest absolute Gasteiger partial charge is 0.267 e. The Morgan fingerprint density at radius 1 is 1.18 bits per heavy atom. The van der Waals surface area contributed by atoms with Gasteiger partial charge < -0.3 is 10.5 Å². The molecular weight excluding hydrogens is 284 g/mol. The molecule has 0 spiro atoms. The largest absolute Gasteiger partial charge is 0.438 e. The van der Waals surface area contributed by atoms with Crippen LogP contribution >= 0.6 is 15.9 Å². The highest BCUT2D eigenvalue weighted by atomic mass is 79.9. The van der Waals surface area contributed by atoms with E-state index in [0.29, 0.717) is 11.6 Å². The van der Waals surface area contributed by atoms with Gasteiger partial charge in [0.15, 0.2) is 0 Å². The molecule has 0 aliphatic carbocycles. The van der Waals surface area contributed by atoms with Gasteiger partial charge >= 0.3 is 0 Å². The average Bonchev–Trinajstić information content (AvgIpc) is 2.32. The van der Waals surface area contributed by atoms with Crippen LogP contribution in [0.4, 0.5) is 0 Å². The summed E-state index contributed by atoms with van der Waals surface area (Å²) in [7, 11) is 0. The molecule has 2 N–H and O–H groups in total. The van der Waals surface area contributed by atoms with Gasteiger partial charge in [0.05, 0.1) is 4.47 Å². The monoisotopic (exact) mass is 292 g/mol. The van der Waals surface area contributed by atoms with Gasteiger partial charge in [-0.3, -0.25) is 4.79 Å². The maximum atomic E-state index is 11.0. The van der Waals surface area contributed by atoms with Crippen molar-refractivity contribution in [1.29, 1.82) is 0 Å². The number of amides is 1. The van der Waals surface area contributed by atoms with Gasteiger partial charge in [0.25, 0.3) is 5.91 Å². The van der Waals surface area contributed by atoms with Gasteiger partial charge in [0.1, 0.15) is 11.4 Å². The molecular formula is C12H9BrN2O2. The lowest BCUT2D eigenvalue weighted by atomic mass is 10.3. The van der Waals surface area contributed by atoms with Crippen LogP contribution in [0.3, 0.4) is 0 Å². The number of hydrogen-bond donors (Lipinski definition) is 1. The van der Waals surface area contributed by atoms with Crippen molar-refractivity contribution in [2.45, 2.75) is 0 Å². The van der Waals surface area contributed by atoms with E-state index in [9.17, 15) is 4.79 Å². The minimum Gasteiger partial charge on any atom is -0.438 e. The second-order valence-electron chi connectivity index (χ2n) is 3.26. The number of rotatable bonds is 3. The van der Waals surface area contributed by atoms with Crippen molar-refractivity contribution in [1.82, 2.24) is 4.98 Å². The maximum Gasteiger partial charge on any atom is 0.267 e. The standard InChI is InChI=1S/C12H9BrN2O2/c13-8-4-1-2-6-10(8)17-11-7-3-5-9(15-11)12(14)16/h1-7H,(H2,14,16). The first-order valence-electron chi connectivity index (χ1n) is 4.86. The summed E-state index contributed by atoms with van der Waals surface area (Å²) in [6.45, 7) is 0. The fourth-order valence-electron chi connectivity index (χ4n) is 1.25. The average molecular weight is 293 g/mol. The first kappa shape index (κ1) is 11.6. The molecule has 0 unspecified atom stereocenters. The lowest BCUT2D eigenvalue weighted by Gasteiger charge is -2.06. The number of primary amides is 1. The molecule has 0 saturated carbocycles. The van der Waals surface area contributed by atoms with Crippen LogP contribution in [0, 0.1) is 0 Å². The van der Waals surface area contributed by atoms with E-state index in [2.05, 4.69) is 20.9 Å². The zero-order valence-electron chi connectivity index (χ0n) is 8.76. The van der Waals surface area contributed by atoms with E-state index in [4.69, 9.17) is 10.5 Å². The molecule has 0 bridgehead atoms. The Kier molecular flexibility index (Phi) is 3.39. The number of pyridine rings is 1. The van der Waals surface area contributed by atoms with E-state index in [0.717, 1.165) is 4.47 Å². The summed E-state index contributed by atoms with van der Waals surface area (Å²) < 4.78 is 6.35. The normalized spacial score (nSPS) is 9.94. The highest BCUT2D eigenvalue weighted by Gasteiger charge is 2.06. The minimum absolute atomic E-state index is 0.176. The van der Waals surface area contributed by atoms with Crippen LogP contribution in [-0.2, 0) is 0 Å². The van der Waals surface area contributed by atoms with Gasteiger partial charge in [0, 0.05) is 6.07 Å². The first-order valence-corrected chi connectivity index (χ1v) is 5.65. The van der Waals surface area contributed by atoms with Crippen LogP contribution in [0.5, 0.6) is 11.6 Å². The number of nitrogens with zero attached hydrogens (tertiary/aromatic N) is 1. The van der Waals surface area contributed by atoms with Gasteiger partial charge in [-0.1, -0.05) is 18.2 Å². The molecule has 1 aromatic carbocycles. The van der Waals surface area contributed by atoms with Gasteiger partial charge in [-0.05, 0) is 34.1 Å². The lowest BCUT2D eigenvalue weighted by Crippen LogP contribution is -2.12. The molecule has 0 aliphatic heterocycles. The third kappa shape index (κ3) is 2.82. The molecule has 86 valence electrons. The second kappa shape index (κ2) is 4.97. The molecule has 1 heterocycles. The van der Waals surface area contributed by atoms with Crippen LogP contribution in [0.15, 0.2) is 46.9 Å². The van der Waals surface area contributed by atoms with Gasteiger partial charge in [-0.15, -0.1) is 0 Å². The molecule has 0 radical (unpaired) electrons. The maximum absolute atomic E-state index is 11.0. The van der Waals surface area contributed by atoms with Crippen molar-refractivity contribution >= 4 is 21.8 Å². The van der Waals surface area contributed by atoms with Crippen molar-refractivity contribution in [2.24, 2.45) is 5.73 Å². The summed E-state index contributed by atoms with van der Waals surface area (Å²) in [5.74, 6) is 0.373. The molecule has 0 fully saturated rings. The fraction of sp³-hybridized carbons (Fsp3) is 0. The summed E-state index contributed by atoms with van der Waals surface area (Å²) in [6.07, 6.45) is 0. The Hall–Kier alpha value is -1.88. The Morgan fingerprint density at radius 3 is 2.65 bits per heavy atom. The Balaban J connectivity index is 2.28. The van der Waals surface area contributed by atoms with E-state index in [1.807, 2.05) is 18.2 Å². The number of halogens is 1. The number of para-hydroxylation sites is 1. The van der Waals surface area contributed by atoms with Crippen molar-refractivity contribution in [3.05, 3.63) is 52.6 Å². The third-order valence-corrected chi connectivity index (χ3v) is 2.68. The quantitative estimate of drug-likeness (QED) is 0.946. The number of hydrogen-bond acceptors (Lipinski definition) is 3. The van der Waals surface area contributed by atoms with Crippen molar-refractivity contribution < 1.29 is 9.53 Å². The van der Waals surface area contributed by atoms with Crippen molar-refractivity contribution in [3.63, 3.8) is 0 Å². The predicted molar refractivity (Wildman–Crippen MR) is 67.0 cm³/mol. The Bertz CT molecular complexity index is 558. The molecule has 0 aliphatic rings. The Labute approximate surface area is 107 Å². The zero-order chi connectivity index (χ0) is 12.3. The first-order chi connectivity index (χ1) is 8.16. The lowest BCUT2D eigenvalue weighted by molar-refractivity contribution is 0.0995. The fourth-order valence-corrected chi connectivity index (χ4v) is 1.61. The van der Waals surface area contributed by atoms with Gasteiger partial charge in [-0.2, -0.15) is 0 Å². The van der Waals surface area contributed by atoms with Crippen molar-refractivity contribution in [2.75, 3.05) is 0 Å². The van der Waals surface area contributed by atoms with Gasteiger partial charge in [-0.25, -0.2) is 4.98 Å². The van der Waals surface area contributed by atoms with E-state index in [-0.39, 0.29) is 5.69 Å². The van der Waals surface area contributed by atoms with E-state index in [1.165, 1.54) is 6.07 Å². The van der Waals surface area contributed by atoms with E-state index >= 15 is 0 Å². The number of nitrogens with two attached hydrogens (primary N) is 1. The number of carbonyl (C=O) groups is 1. The summed E-state index contributed by atoms with van der Waals surface area (Å²) in [4.78, 5) is 15.0. The SMILES string of the molecule is NC(=O)c1cccc(Oc2ccccc2Br)n1. The molecule has 5 heteroatoms. The number of ether oxygens (including phenoxy) is 1. The van der Waals surface area contributed by atoms with E-state index < -0.39 is 5.91 Å². The van der Waals surface area contributed by atoms with Gasteiger partial charge in [0.2, 0.25) is 5.88 Å². The molecule has 1 amide bonds. The van der Waals surface area contributed by atoms with Crippen LogP contribution in [0.1, 0.15) is 10.5 Å². The zero-order valence-corrected chi connectivity index (χ0v) is 10.3. The van der Waals surface area contributed by atoms with Crippen LogP contribution in [0.2, 0.25) is 0 Å². The van der Waals surface area contributed by atoms with Crippen molar-refractivity contribution in [3.8, 4) is 11.6 Å². The predicted octanol–water partition coefficient (Wildman–Crippen LogP) is 2.74. The number of carbonyl (C=O) groups excluding carboxylic acids is 1. The molecule has 2 aromatic rings. The molecule has 0 atom stereocenters. The summed E-state index contributed by atoms with van der Waals surface area (Å²) in [6, 6.07) is 12.2. The highest BCUT2D eigenvalue weighted by Crippen LogP contribution is 2.28. The summed E-state index contributed by atoms with van der Waals surface area (Å²) in [5.41, 5.74) is 5.32. The molecule has 4 nitrogen and oxygen atoms in total. The minimum atomic E-state index is -0.581. The second-order valence-corrected chi connectivity index (χ2v) is 4.11. The molecule has 1 aromatic heterocycles. The number of benzene rings is 1.